The van der Waals surface area contributed by atoms with Gasteiger partial charge in [0.1, 0.15) is 8.24 Å². The summed E-state index contributed by atoms with van der Waals surface area (Å²) < 4.78 is 24.4. The van der Waals surface area contributed by atoms with Gasteiger partial charge in [-0.2, -0.15) is 0 Å². The van der Waals surface area contributed by atoms with Crippen molar-refractivity contribution in [2.75, 3.05) is 34.4 Å². The van der Waals surface area contributed by atoms with E-state index in [0.29, 0.717) is 6.42 Å². The third-order valence-corrected chi connectivity index (χ3v) is 9.82. The van der Waals surface area contributed by atoms with E-state index < -0.39 is 25.4 Å². The van der Waals surface area contributed by atoms with Gasteiger partial charge in [0.05, 0.1) is 6.42 Å². The predicted octanol–water partition coefficient (Wildman–Crippen LogP) is 3.16. The van der Waals surface area contributed by atoms with Gasteiger partial charge in [0.2, 0.25) is 8.32 Å². The van der Waals surface area contributed by atoms with E-state index in [1.165, 1.54) is 0 Å². The number of carbonyl (C=O) groups excluding carboxylic acids is 1. The van der Waals surface area contributed by atoms with E-state index in [0.717, 1.165) is 25.6 Å². The van der Waals surface area contributed by atoms with Crippen LogP contribution in [0.4, 0.5) is 0 Å². The normalized spacial score (nSPS) is 13.4. The van der Waals surface area contributed by atoms with Crippen molar-refractivity contribution in [1.82, 2.24) is 4.57 Å². The molecule has 0 spiro atoms. The summed E-state index contributed by atoms with van der Waals surface area (Å²) in [5.74, 6) is -0.0770. The van der Waals surface area contributed by atoms with Crippen molar-refractivity contribution >= 4 is 31.3 Å². The van der Waals surface area contributed by atoms with Crippen LogP contribution in [0, 0.1) is 0 Å². The summed E-state index contributed by atoms with van der Waals surface area (Å²) in [5.41, 5.74) is 0. The molecule has 0 atom stereocenters. The Balaban J connectivity index is 4.57. The highest BCUT2D eigenvalue weighted by molar-refractivity contribution is 6.73. The molecular formula is C15H37NO5Si3. The molecule has 0 N–H and O–H groups in total. The molecular weight excluding hydrogens is 358 g/mol. The van der Waals surface area contributed by atoms with E-state index in [1.807, 2.05) is 19.6 Å². The lowest BCUT2D eigenvalue weighted by Crippen LogP contribution is -2.49. The first-order valence-electron chi connectivity index (χ1n) is 8.51. The molecule has 0 aromatic rings. The van der Waals surface area contributed by atoms with Crippen molar-refractivity contribution in [1.29, 1.82) is 0 Å². The summed E-state index contributed by atoms with van der Waals surface area (Å²) >= 11 is 0. The molecule has 0 aliphatic rings. The number of rotatable bonds is 12. The second kappa shape index (κ2) is 10.2. The molecule has 24 heavy (non-hydrogen) atoms. The summed E-state index contributed by atoms with van der Waals surface area (Å²) in [6.07, 6.45) is 1.38. The molecule has 0 saturated heterocycles. The van der Waals surface area contributed by atoms with E-state index >= 15 is 0 Å². The maximum atomic E-state index is 12.0. The van der Waals surface area contributed by atoms with Crippen LogP contribution in [-0.2, 0) is 22.5 Å². The third-order valence-electron chi connectivity index (χ3n) is 3.80. The van der Waals surface area contributed by atoms with E-state index in [2.05, 4.69) is 24.2 Å². The molecule has 6 nitrogen and oxygen atoms in total. The van der Waals surface area contributed by atoms with Crippen LogP contribution in [0.15, 0.2) is 0 Å². The van der Waals surface area contributed by atoms with Crippen molar-refractivity contribution < 1.29 is 22.5 Å². The van der Waals surface area contributed by atoms with Gasteiger partial charge in [0.25, 0.3) is 5.97 Å². The lowest BCUT2D eigenvalue weighted by atomic mass is 10.4. The van der Waals surface area contributed by atoms with Gasteiger partial charge in [0, 0.05) is 33.9 Å². The highest BCUT2D eigenvalue weighted by atomic mass is 28.4. The lowest BCUT2D eigenvalue weighted by molar-refractivity contribution is -0.135. The fourth-order valence-electron chi connectivity index (χ4n) is 2.44. The fraction of sp³-hybridized carbons (Fsp3) is 0.933. The largest absolute Gasteiger partial charge is 0.520 e. The van der Waals surface area contributed by atoms with Gasteiger partial charge in [0.15, 0.2) is 0 Å². The zero-order chi connectivity index (χ0) is 19.0. The molecule has 0 bridgehead atoms. The Morgan fingerprint density at radius 2 is 1.38 bits per heavy atom. The van der Waals surface area contributed by atoms with Crippen molar-refractivity contribution in [2.45, 2.75) is 58.2 Å². The van der Waals surface area contributed by atoms with E-state index in [4.69, 9.17) is 17.7 Å². The molecule has 0 unspecified atom stereocenters. The molecule has 0 aliphatic heterocycles. The minimum absolute atomic E-state index is 0.0770. The van der Waals surface area contributed by atoms with Crippen LogP contribution in [0.3, 0.4) is 0 Å². The average Bonchev–Trinajstić information content (AvgIpc) is 2.44. The van der Waals surface area contributed by atoms with Crippen LogP contribution in [-0.4, -0.2) is 70.3 Å². The molecule has 0 rings (SSSR count). The molecule has 0 aliphatic carbocycles. The Hall–Kier alpha value is -0.0394. The Bertz CT molecular complexity index is 370. The zero-order valence-electron chi connectivity index (χ0n) is 17.0. The van der Waals surface area contributed by atoms with Gasteiger partial charge >= 0.3 is 8.80 Å². The van der Waals surface area contributed by atoms with E-state index in [1.54, 1.807) is 21.3 Å². The first-order chi connectivity index (χ1) is 10.9. The van der Waals surface area contributed by atoms with Crippen LogP contribution < -0.4 is 0 Å². The SMILES string of the molecule is CO[Si](CCCN(CCC(=O)O[Si](C)(C)C)[Si](C)(C)C)(OC)OC. The number of hydrogen-bond acceptors (Lipinski definition) is 6. The van der Waals surface area contributed by atoms with E-state index in [9.17, 15) is 4.79 Å². The third kappa shape index (κ3) is 9.45. The Morgan fingerprint density at radius 1 is 0.875 bits per heavy atom. The maximum absolute atomic E-state index is 12.0. The minimum atomic E-state index is -2.52. The summed E-state index contributed by atoms with van der Waals surface area (Å²) in [6, 6.07) is 0.775. The molecule has 0 amide bonds. The van der Waals surface area contributed by atoms with Crippen molar-refractivity contribution in [3.05, 3.63) is 0 Å². The second-order valence-corrected chi connectivity index (χ2v) is 20.4. The highest BCUT2D eigenvalue weighted by Crippen LogP contribution is 2.18. The fourth-order valence-corrected chi connectivity index (χ4v) is 6.54. The number of carbonyl (C=O) groups is 1. The van der Waals surface area contributed by atoms with Gasteiger partial charge in [-0.15, -0.1) is 0 Å². The number of hydrogen-bond donors (Lipinski definition) is 0. The second-order valence-electron chi connectivity index (χ2n) is 7.89. The summed E-state index contributed by atoms with van der Waals surface area (Å²) in [5, 5.41) is 0. The average molecular weight is 396 g/mol. The summed E-state index contributed by atoms with van der Waals surface area (Å²) in [6.45, 7) is 14.7. The Kier molecular flexibility index (Phi) is 10.2. The maximum Gasteiger partial charge on any atom is 0.500 e. The van der Waals surface area contributed by atoms with E-state index in [-0.39, 0.29) is 5.97 Å². The Labute approximate surface area is 151 Å². The highest BCUT2D eigenvalue weighted by Gasteiger charge is 2.37. The van der Waals surface area contributed by atoms with Crippen LogP contribution >= 0.6 is 0 Å². The van der Waals surface area contributed by atoms with Gasteiger partial charge in [-0.05, 0) is 32.6 Å². The van der Waals surface area contributed by atoms with Crippen LogP contribution in [0.25, 0.3) is 0 Å². The quantitative estimate of drug-likeness (QED) is 0.473. The molecule has 144 valence electrons. The first-order valence-corrected chi connectivity index (χ1v) is 17.3. The summed E-state index contributed by atoms with van der Waals surface area (Å²) in [7, 11) is -0.908. The monoisotopic (exact) mass is 395 g/mol. The van der Waals surface area contributed by atoms with Gasteiger partial charge in [-0.1, -0.05) is 19.6 Å². The minimum Gasteiger partial charge on any atom is -0.520 e. The van der Waals surface area contributed by atoms with Crippen LogP contribution in [0.1, 0.15) is 12.8 Å². The number of nitrogens with zero attached hydrogens (tertiary/aromatic N) is 1. The van der Waals surface area contributed by atoms with Gasteiger partial charge in [-0.3, -0.25) is 4.79 Å². The van der Waals surface area contributed by atoms with Crippen molar-refractivity contribution in [3.63, 3.8) is 0 Å². The molecule has 0 fully saturated rings. The molecule has 0 aromatic heterocycles. The van der Waals surface area contributed by atoms with Gasteiger partial charge in [-0.25, -0.2) is 0 Å². The predicted molar refractivity (Wildman–Crippen MR) is 105 cm³/mol. The zero-order valence-corrected chi connectivity index (χ0v) is 20.0. The Morgan fingerprint density at radius 3 is 1.75 bits per heavy atom. The van der Waals surface area contributed by atoms with Crippen molar-refractivity contribution in [2.24, 2.45) is 0 Å². The lowest BCUT2D eigenvalue weighted by Gasteiger charge is -2.35. The van der Waals surface area contributed by atoms with Crippen LogP contribution in [0.2, 0.25) is 45.3 Å². The first kappa shape index (κ1) is 24.0. The smallest absolute Gasteiger partial charge is 0.500 e. The molecule has 0 saturated carbocycles. The van der Waals surface area contributed by atoms with Crippen LogP contribution in [0.5, 0.6) is 0 Å². The molecule has 0 aromatic carbocycles. The standard InChI is InChI=1S/C15H37NO5Si3/c1-18-24(19-2,20-3)14-10-12-16(22(4,5)6)13-11-15(17)21-23(7,8)9/h10-14H2,1-9H3. The van der Waals surface area contributed by atoms with Crippen molar-refractivity contribution in [3.8, 4) is 0 Å². The summed E-state index contributed by atoms with van der Waals surface area (Å²) in [4.78, 5) is 12.0. The molecule has 9 heteroatoms. The topological polar surface area (TPSA) is 57.2 Å². The molecule has 0 radical (unpaired) electrons. The van der Waals surface area contributed by atoms with Gasteiger partial charge < -0.3 is 22.3 Å². The molecule has 0 heterocycles.